The predicted molar refractivity (Wildman–Crippen MR) is 117 cm³/mol. The molecule has 0 atom stereocenters. The molecule has 0 saturated heterocycles. The fraction of sp³-hybridized carbons (Fsp3) is 0.143. The molecular formula is C21H19N5O3S. The number of nitrogens with zero attached hydrogens (tertiary/aromatic N) is 3. The average Bonchev–Trinajstić information content (AvgIpc) is 3.17. The molecule has 2 heterocycles. The number of aromatic amines is 1. The number of fused-ring (bicyclic) bond motifs is 1. The first-order valence-electron chi connectivity index (χ1n) is 9.16. The molecule has 4 rings (SSSR count). The Bertz CT molecular complexity index is 1260. The average molecular weight is 421 g/mol. The van der Waals surface area contributed by atoms with E-state index in [1.54, 1.807) is 36.1 Å². The van der Waals surface area contributed by atoms with Crippen LogP contribution in [0.15, 0.2) is 64.7 Å². The monoisotopic (exact) mass is 421 g/mol. The number of H-pyrrole nitrogens is 1. The van der Waals surface area contributed by atoms with Gasteiger partial charge in [-0.3, -0.25) is 9.59 Å². The number of anilines is 1. The van der Waals surface area contributed by atoms with Gasteiger partial charge in [0.05, 0.1) is 24.7 Å². The van der Waals surface area contributed by atoms with Gasteiger partial charge in [-0.15, -0.1) is 0 Å². The Labute approximate surface area is 176 Å². The predicted octanol–water partition coefficient (Wildman–Crippen LogP) is 3.16. The summed E-state index contributed by atoms with van der Waals surface area (Å²) in [4.78, 5) is 32.0. The standard InChI is InChI=1S/C21H19N5O3S/c1-13-5-3-4-6-17(13)26-19-16(11-22-26)20(28)25-21(24-19)30-12-18(27)23-14-7-9-15(29-2)10-8-14/h3-11H,12H2,1-2H3,(H,23,27)(H,24,25,28). The molecule has 0 fully saturated rings. The number of para-hydroxylation sites is 1. The Morgan fingerprint density at radius 3 is 2.70 bits per heavy atom. The summed E-state index contributed by atoms with van der Waals surface area (Å²) in [7, 11) is 1.58. The number of carbonyl (C=O) groups is 1. The van der Waals surface area contributed by atoms with E-state index in [4.69, 9.17) is 4.74 Å². The van der Waals surface area contributed by atoms with Gasteiger partial charge in [0.2, 0.25) is 5.91 Å². The maximum atomic E-state index is 12.5. The van der Waals surface area contributed by atoms with Crippen LogP contribution in [-0.2, 0) is 4.79 Å². The van der Waals surface area contributed by atoms with Crippen LogP contribution in [0.4, 0.5) is 5.69 Å². The van der Waals surface area contributed by atoms with Gasteiger partial charge in [0, 0.05) is 5.69 Å². The number of thioether (sulfide) groups is 1. The summed E-state index contributed by atoms with van der Waals surface area (Å²) in [6.07, 6.45) is 1.50. The summed E-state index contributed by atoms with van der Waals surface area (Å²) in [5.74, 6) is 0.599. The van der Waals surface area contributed by atoms with Gasteiger partial charge < -0.3 is 15.0 Å². The van der Waals surface area contributed by atoms with E-state index in [2.05, 4.69) is 20.4 Å². The Morgan fingerprint density at radius 2 is 1.97 bits per heavy atom. The maximum Gasteiger partial charge on any atom is 0.262 e. The number of benzene rings is 2. The lowest BCUT2D eigenvalue weighted by molar-refractivity contribution is -0.113. The van der Waals surface area contributed by atoms with E-state index < -0.39 is 0 Å². The lowest BCUT2D eigenvalue weighted by Crippen LogP contribution is -2.15. The lowest BCUT2D eigenvalue weighted by Gasteiger charge is -2.08. The molecule has 0 unspecified atom stereocenters. The zero-order chi connectivity index (χ0) is 21.1. The topological polar surface area (TPSA) is 102 Å². The second kappa shape index (κ2) is 8.42. The maximum absolute atomic E-state index is 12.5. The van der Waals surface area contributed by atoms with Crippen LogP contribution in [-0.4, -0.2) is 38.5 Å². The quantitative estimate of drug-likeness (QED) is 0.366. The molecule has 152 valence electrons. The molecule has 0 spiro atoms. The molecule has 8 nitrogen and oxygen atoms in total. The van der Waals surface area contributed by atoms with Gasteiger partial charge in [0.1, 0.15) is 11.1 Å². The highest BCUT2D eigenvalue weighted by atomic mass is 32.2. The van der Waals surface area contributed by atoms with Crippen molar-refractivity contribution in [3.05, 3.63) is 70.6 Å². The molecule has 4 aromatic rings. The first-order chi connectivity index (χ1) is 14.5. The second-order valence-electron chi connectivity index (χ2n) is 6.52. The molecule has 2 N–H and O–H groups in total. The number of aryl methyl sites for hydroxylation is 1. The highest BCUT2D eigenvalue weighted by Crippen LogP contribution is 2.20. The number of nitrogens with one attached hydrogen (secondary N) is 2. The van der Waals surface area contributed by atoms with Crippen LogP contribution < -0.4 is 15.6 Å². The molecule has 30 heavy (non-hydrogen) atoms. The number of hydrogen-bond donors (Lipinski definition) is 2. The van der Waals surface area contributed by atoms with Crippen molar-refractivity contribution in [2.24, 2.45) is 0 Å². The van der Waals surface area contributed by atoms with Crippen molar-refractivity contribution in [2.45, 2.75) is 12.1 Å². The molecule has 0 aliphatic heterocycles. The molecule has 2 aromatic heterocycles. The minimum Gasteiger partial charge on any atom is -0.497 e. The van der Waals surface area contributed by atoms with Crippen molar-refractivity contribution >= 4 is 34.4 Å². The zero-order valence-electron chi connectivity index (χ0n) is 16.4. The van der Waals surface area contributed by atoms with Crippen molar-refractivity contribution in [2.75, 3.05) is 18.2 Å². The highest BCUT2D eigenvalue weighted by molar-refractivity contribution is 7.99. The van der Waals surface area contributed by atoms with Crippen LogP contribution in [0, 0.1) is 6.92 Å². The van der Waals surface area contributed by atoms with E-state index in [-0.39, 0.29) is 17.2 Å². The molecule has 0 saturated carbocycles. The number of hydrogen-bond acceptors (Lipinski definition) is 6. The minimum absolute atomic E-state index is 0.0962. The number of amides is 1. The van der Waals surface area contributed by atoms with E-state index >= 15 is 0 Å². The Kier molecular flexibility index (Phi) is 5.53. The van der Waals surface area contributed by atoms with Gasteiger partial charge in [-0.1, -0.05) is 30.0 Å². The summed E-state index contributed by atoms with van der Waals surface area (Å²) < 4.78 is 6.74. The third-order valence-corrected chi connectivity index (χ3v) is 5.35. The van der Waals surface area contributed by atoms with Crippen molar-refractivity contribution in [1.29, 1.82) is 0 Å². The molecule has 9 heteroatoms. The largest absolute Gasteiger partial charge is 0.497 e. The zero-order valence-corrected chi connectivity index (χ0v) is 17.2. The van der Waals surface area contributed by atoms with E-state index in [1.807, 2.05) is 31.2 Å². The number of ether oxygens (including phenoxy) is 1. The van der Waals surface area contributed by atoms with Crippen molar-refractivity contribution in [1.82, 2.24) is 19.7 Å². The molecule has 0 aliphatic carbocycles. The van der Waals surface area contributed by atoms with Gasteiger partial charge in [-0.05, 0) is 42.8 Å². The number of carbonyl (C=O) groups excluding carboxylic acids is 1. The van der Waals surface area contributed by atoms with Gasteiger partial charge in [-0.25, -0.2) is 9.67 Å². The van der Waals surface area contributed by atoms with Crippen LogP contribution in [0.3, 0.4) is 0 Å². The molecule has 0 aliphatic rings. The van der Waals surface area contributed by atoms with Crippen LogP contribution in [0.1, 0.15) is 5.56 Å². The van der Waals surface area contributed by atoms with Crippen LogP contribution in [0.2, 0.25) is 0 Å². The van der Waals surface area contributed by atoms with Crippen molar-refractivity contribution in [3.8, 4) is 11.4 Å². The first kappa shape index (κ1) is 19.7. The van der Waals surface area contributed by atoms with Crippen LogP contribution in [0.5, 0.6) is 5.75 Å². The number of rotatable bonds is 6. The van der Waals surface area contributed by atoms with E-state index in [9.17, 15) is 9.59 Å². The minimum atomic E-state index is -0.294. The van der Waals surface area contributed by atoms with Gasteiger partial charge in [-0.2, -0.15) is 5.10 Å². The normalized spacial score (nSPS) is 10.9. The number of methoxy groups -OCH3 is 1. The lowest BCUT2D eigenvalue weighted by atomic mass is 10.2. The Balaban J connectivity index is 1.53. The van der Waals surface area contributed by atoms with E-state index in [0.717, 1.165) is 23.0 Å². The van der Waals surface area contributed by atoms with Gasteiger partial charge in [0.25, 0.3) is 5.56 Å². The smallest absolute Gasteiger partial charge is 0.262 e. The fourth-order valence-corrected chi connectivity index (χ4v) is 3.61. The van der Waals surface area contributed by atoms with Crippen LogP contribution in [0.25, 0.3) is 16.7 Å². The van der Waals surface area contributed by atoms with Crippen molar-refractivity contribution < 1.29 is 9.53 Å². The Morgan fingerprint density at radius 1 is 1.20 bits per heavy atom. The summed E-state index contributed by atoms with van der Waals surface area (Å²) in [5.41, 5.74) is 2.68. The second-order valence-corrected chi connectivity index (χ2v) is 7.48. The van der Waals surface area contributed by atoms with Gasteiger partial charge in [0.15, 0.2) is 10.8 Å². The molecular weight excluding hydrogens is 402 g/mol. The van der Waals surface area contributed by atoms with Gasteiger partial charge >= 0.3 is 0 Å². The molecule has 2 aromatic carbocycles. The van der Waals surface area contributed by atoms with E-state index in [0.29, 0.717) is 27.6 Å². The first-order valence-corrected chi connectivity index (χ1v) is 10.1. The summed E-state index contributed by atoms with van der Waals surface area (Å²) in [6, 6.07) is 14.8. The Hall–Kier alpha value is -3.59. The summed E-state index contributed by atoms with van der Waals surface area (Å²) in [5, 5.41) is 7.88. The molecule has 1 amide bonds. The van der Waals surface area contributed by atoms with Crippen molar-refractivity contribution in [3.63, 3.8) is 0 Å². The molecule has 0 radical (unpaired) electrons. The highest BCUT2D eigenvalue weighted by Gasteiger charge is 2.14. The van der Waals surface area contributed by atoms with E-state index in [1.165, 1.54) is 6.20 Å². The summed E-state index contributed by atoms with van der Waals surface area (Å²) >= 11 is 1.15. The summed E-state index contributed by atoms with van der Waals surface area (Å²) in [6.45, 7) is 1.97. The number of aromatic nitrogens is 4. The van der Waals surface area contributed by atoms with Crippen LogP contribution >= 0.6 is 11.8 Å². The fourth-order valence-electron chi connectivity index (χ4n) is 2.95. The SMILES string of the molecule is COc1ccc(NC(=O)CSc2nc3c(cnn3-c3ccccc3C)c(=O)[nH]2)cc1. The molecule has 0 bridgehead atoms. The third kappa shape index (κ3) is 4.06. The third-order valence-electron chi connectivity index (χ3n) is 4.47.